The van der Waals surface area contributed by atoms with E-state index in [4.69, 9.17) is 14.5 Å². The van der Waals surface area contributed by atoms with Gasteiger partial charge in [-0.25, -0.2) is 0 Å². The van der Waals surface area contributed by atoms with Gasteiger partial charge in [0.15, 0.2) is 23.1 Å². The summed E-state index contributed by atoms with van der Waals surface area (Å²) in [5, 5.41) is 29.3. The maximum atomic E-state index is 13.2. The van der Waals surface area contributed by atoms with E-state index in [0.29, 0.717) is 23.5 Å². The molecule has 1 aliphatic heterocycles. The third kappa shape index (κ3) is 7.63. The number of nitriles is 1. The fourth-order valence-corrected chi connectivity index (χ4v) is 4.72. The van der Waals surface area contributed by atoms with Crippen LogP contribution in [0.2, 0.25) is 0 Å². The van der Waals surface area contributed by atoms with Gasteiger partial charge in [-0.05, 0) is 30.2 Å². The number of methoxy groups -OCH3 is 1. The summed E-state index contributed by atoms with van der Waals surface area (Å²) in [6, 6.07) is 8.50. The Bertz CT molecular complexity index is 1720. The second kappa shape index (κ2) is 13.3. The summed E-state index contributed by atoms with van der Waals surface area (Å²) in [6.07, 6.45) is 1.35. The summed E-state index contributed by atoms with van der Waals surface area (Å²) < 4.78 is 11.3. The number of hydrogen-bond acceptors (Lipinski definition) is 12. The predicted molar refractivity (Wildman–Crippen MR) is 171 cm³/mol. The molecule has 0 radical (unpaired) electrons. The Labute approximate surface area is 266 Å². The predicted octanol–water partition coefficient (Wildman–Crippen LogP) is -2.05. The molecule has 234 valence electrons. The summed E-state index contributed by atoms with van der Waals surface area (Å²) in [7, 11) is 6.99. The highest BCUT2D eigenvalue weighted by Crippen LogP contribution is 2.38. The lowest BCUT2D eigenvalue weighted by molar-refractivity contribution is -0.145. The van der Waals surface area contributed by atoms with Gasteiger partial charge in [-0.2, -0.15) is 10.2 Å². The topological polar surface area (TPSA) is 209 Å². The van der Waals surface area contributed by atoms with Crippen LogP contribution in [0, 0.1) is 17.2 Å². The number of para-hydroxylation sites is 1. The van der Waals surface area contributed by atoms with Gasteiger partial charge >= 0.3 is 0 Å². The normalized spacial score (nSPS) is 14.7. The third-order valence-corrected chi connectivity index (χ3v) is 7.12. The molecule has 46 heavy (non-hydrogen) atoms. The van der Waals surface area contributed by atoms with Gasteiger partial charge in [0.25, 0.3) is 11.8 Å². The summed E-state index contributed by atoms with van der Waals surface area (Å²) in [6.45, 7) is 0.492. The zero-order valence-corrected chi connectivity index (χ0v) is 25.9. The Balaban J connectivity index is 1.37. The third-order valence-electron chi connectivity index (χ3n) is 7.12. The van der Waals surface area contributed by atoms with Crippen molar-refractivity contribution >= 4 is 64.4 Å². The van der Waals surface area contributed by atoms with Gasteiger partial charge in [-0.3, -0.25) is 19.2 Å². The molecule has 0 bridgehead atoms. The molecule has 3 aromatic rings. The van der Waals surface area contributed by atoms with Gasteiger partial charge < -0.3 is 35.0 Å². The highest BCUT2D eigenvalue weighted by Gasteiger charge is 2.31. The first-order valence-electron chi connectivity index (χ1n) is 14.7. The van der Waals surface area contributed by atoms with E-state index in [9.17, 15) is 19.2 Å². The SMILES string of the molecule is BC(B)(B)NC(=O)c1nnc(NC(=O)C2CC2)cc1Nc1cccc(-c2nc(CN3CCN(C(=O)CC#N)CC3=O)no2)c1OC. The minimum atomic E-state index is -0.546. The number of ether oxygens (including phenoxy) is 1. The van der Waals surface area contributed by atoms with Crippen LogP contribution in [0.25, 0.3) is 11.5 Å². The van der Waals surface area contributed by atoms with E-state index in [-0.39, 0.29) is 78.6 Å². The van der Waals surface area contributed by atoms with E-state index in [1.165, 1.54) is 23.0 Å². The molecule has 16 nitrogen and oxygen atoms in total. The van der Waals surface area contributed by atoms with Crippen LogP contribution in [-0.4, -0.2) is 109 Å². The number of hydrogen-bond donors (Lipinski definition) is 3. The zero-order chi connectivity index (χ0) is 33.0. The van der Waals surface area contributed by atoms with Gasteiger partial charge in [0.05, 0.1) is 43.2 Å². The van der Waals surface area contributed by atoms with Crippen molar-refractivity contribution in [3.63, 3.8) is 0 Å². The van der Waals surface area contributed by atoms with Gasteiger partial charge in [-0.1, -0.05) is 11.2 Å². The molecule has 0 unspecified atom stereocenters. The monoisotopic (exact) mass is 624 g/mol. The van der Waals surface area contributed by atoms with Crippen LogP contribution >= 0.6 is 0 Å². The molecular formula is C27H31B3N10O6. The van der Waals surface area contributed by atoms with Gasteiger partial charge in [0, 0.05) is 25.1 Å². The lowest BCUT2D eigenvalue weighted by Crippen LogP contribution is -2.51. The number of anilines is 3. The zero-order valence-electron chi connectivity index (χ0n) is 25.9. The second-order valence-electron chi connectivity index (χ2n) is 12.0. The van der Waals surface area contributed by atoms with Crippen molar-refractivity contribution in [1.82, 2.24) is 35.5 Å². The lowest BCUT2D eigenvalue weighted by Gasteiger charge is -2.33. The van der Waals surface area contributed by atoms with Crippen molar-refractivity contribution in [1.29, 1.82) is 5.26 Å². The number of carbonyl (C=O) groups is 4. The summed E-state index contributed by atoms with van der Waals surface area (Å²) in [4.78, 5) is 57.6. The molecule has 3 heterocycles. The fourth-order valence-electron chi connectivity index (χ4n) is 4.72. The minimum Gasteiger partial charge on any atom is -0.494 e. The quantitative estimate of drug-likeness (QED) is 0.197. The maximum Gasteiger partial charge on any atom is 0.272 e. The van der Waals surface area contributed by atoms with Crippen LogP contribution in [0.5, 0.6) is 5.75 Å². The van der Waals surface area contributed by atoms with E-state index in [1.807, 2.05) is 23.5 Å². The molecule has 1 saturated heterocycles. The molecule has 2 aromatic heterocycles. The standard InChI is InChI=1S/C27H31B3N10O6/c1-45-23-15(26-34-19(38-46-26)12-39-9-10-40(13-21(39)42)20(41)7-8-31)3-2-4-16(23)32-17-11-18(33-24(43)14-5-6-14)36-37-22(17)25(44)35-27(28,29)30/h2-4,11,14H,5-7,9-10,12-13,28-30H2,1H3,(H,35,44)(H2,32,33,36,43). The number of rotatable bonds is 11. The molecule has 3 N–H and O–H groups in total. The lowest BCUT2D eigenvalue weighted by atomic mass is 9.49. The van der Waals surface area contributed by atoms with E-state index >= 15 is 0 Å². The molecule has 1 aliphatic carbocycles. The Hall–Kier alpha value is -5.40. The number of aromatic nitrogens is 4. The Morgan fingerprint density at radius 1 is 1.17 bits per heavy atom. The van der Waals surface area contributed by atoms with Crippen LogP contribution < -0.4 is 20.7 Å². The smallest absolute Gasteiger partial charge is 0.272 e. The summed E-state index contributed by atoms with van der Waals surface area (Å²) in [5.41, 5.74) is 1.15. The minimum absolute atomic E-state index is 0.00552. The van der Waals surface area contributed by atoms with Gasteiger partial charge in [-0.15, -0.1) is 10.2 Å². The summed E-state index contributed by atoms with van der Waals surface area (Å²) in [5.74, 6) is -0.482. The van der Waals surface area contributed by atoms with Crippen molar-refractivity contribution in [3.05, 3.63) is 35.8 Å². The highest BCUT2D eigenvalue weighted by atomic mass is 16.5. The number of carbonyl (C=O) groups excluding carboxylic acids is 4. The molecule has 5 rings (SSSR count). The number of piperazine rings is 1. The molecule has 1 saturated carbocycles. The average Bonchev–Trinajstić information content (AvgIpc) is 3.76. The fraction of sp³-hybridized carbons (Fsp3) is 0.370. The second-order valence-corrected chi connectivity index (χ2v) is 12.0. The number of benzene rings is 1. The molecule has 19 heteroatoms. The van der Waals surface area contributed by atoms with Crippen molar-refractivity contribution in [3.8, 4) is 23.3 Å². The number of nitrogens with one attached hydrogen (secondary N) is 3. The highest BCUT2D eigenvalue weighted by molar-refractivity contribution is 6.60. The molecule has 2 fully saturated rings. The molecular weight excluding hydrogens is 593 g/mol. The largest absolute Gasteiger partial charge is 0.494 e. The molecule has 4 amide bonds. The number of amides is 4. The van der Waals surface area contributed by atoms with E-state index in [2.05, 4.69) is 36.3 Å². The molecule has 2 aliphatic rings. The van der Waals surface area contributed by atoms with Crippen LogP contribution in [0.1, 0.15) is 35.6 Å². The van der Waals surface area contributed by atoms with Crippen LogP contribution in [0.4, 0.5) is 17.2 Å². The van der Waals surface area contributed by atoms with Crippen molar-refractivity contribution in [2.75, 3.05) is 37.4 Å². The molecule has 1 aromatic carbocycles. The van der Waals surface area contributed by atoms with Crippen LogP contribution in [0.3, 0.4) is 0 Å². The molecule has 0 atom stereocenters. The number of nitrogens with zero attached hydrogens (tertiary/aromatic N) is 7. The van der Waals surface area contributed by atoms with Crippen LogP contribution in [-0.2, 0) is 20.9 Å². The van der Waals surface area contributed by atoms with E-state index in [0.717, 1.165) is 12.8 Å². The van der Waals surface area contributed by atoms with Crippen molar-refractivity contribution < 1.29 is 28.4 Å². The maximum absolute atomic E-state index is 13.2. The van der Waals surface area contributed by atoms with E-state index < -0.39 is 11.1 Å². The summed E-state index contributed by atoms with van der Waals surface area (Å²) >= 11 is 0. The Morgan fingerprint density at radius 2 is 1.96 bits per heavy atom. The first-order chi connectivity index (χ1) is 22.0. The van der Waals surface area contributed by atoms with Gasteiger partial charge in [0.2, 0.25) is 17.7 Å². The van der Waals surface area contributed by atoms with Gasteiger partial charge in [0.1, 0.15) is 30.0 Å². The van der Waals surface area contributed by atoms with Crippen LogP contribution in [0.15, 0.2) is 28.8 Å². The first-order valence-corrected chi connectivity index (χ1v) is 14.7. The van der Waals surface area contributed by atoms with E-state index in [1.54, 1.807) is 24.3 Å². The van der Waals surface area contributed by atoms with Crippen molar-refractivity contribution in [2.24, 2.45) is 5.92 Å². The Kier molecular flexibility index (Phi) is 9.26. The van der Waals surface area contributed by atoms with Crippen molar-refractivity contribution in [2.45, 2.75) is 31.0 Å². The first kappa shape index (κ1) is 32.0. The molecule has 0 spiro atoms. The average molecular weight is 624 g/mol. The Morgan fingerprint density at radius 3 is 2.63 bits per heavy atom.